The molecule has 0 aliphatic heterocycles. The summed E-state index contributed by atoms with van der Waals surface area (Å²) in [5.74, 6) is 0.906. The fourth-order valence-electron chi connectivity index (χ4n) is 2.52. The van der Waals surface area contributed by atoms with E-state index in [-0.39, 0.29) is 12.5 Å². The maximum atomic E-state index is 11.9. The Morgan fingerprint density at radius 1 is 1.08 bits per heavy atom. The summed E-state index contributed by atoms with van der Waals surface area (Å²) in [6.45, 7) is 10.1. The minimum atomic E-state index is -0.280. The van der Waals surface area contributed by atoms with Gasteiger partial charge in [0.25, 0.3) is 5.91 Å². The highest BCUT2D eigenvalue weighted by Gasteiger charge is 2.05. The smallest absolute Gasteiger partial charge is 0.277 e. The zero-order valence-corrected chi connectivity index (χ0v) is 15.6. The van der Waals surface area contributed by atoms with Gasteiger partial charge in [0, 0.05) is 0 Å². The van der Waals surface area contributed by atoms with E-state index in [1.807, 2.05) is 45.0 Å². The number of carbonyl (C=O) groups excluding carboxylic acids is 1. The Balaban J connectivity index is 1.90. The van der Waals surface area contributed by atoms with Crippen LogP contribution in [-0.4, -0.2) is 18.2 Å². The molecule has 0 aliphatic carbocycles. The number of hydrogen-bond acceptors (Lipinski definition) is 3. The molecule has 0 atom stereocenters. The second-order valence-electron chi connectivity index (χ2n) is 6.62. The van der Waals surface area contributed by atoms with Gasteiger partial charge in [-0.2, -0.15) is 5.10 Å². The van der Waals surface area contributed by atoms with Gasteiger partial charge >= 0.3 is 0 Å². The summed E-state index contributed by atoms with van der Waals surface area (Å²) in [5, 5.41) is 4.15. The molecule has 2 aromatic carbocycles. The van der Waals surface area contributed by atoms with Crippen LogP contribution in [0.2, 0.25) is 0 Å². The van der Waals surface area contributed by atoms with Crippen molar-refractivity contribution in [1.82, 2.24) is 5.43 Å². The lowest BCUT2D eigenvalue weighted by molar-refractivity contribution is -0.123. The Hall–Kier alpha value is -2.62. The van der Waals surface area contributed by atoms with Crippen LogP contribution in [0.3, 0.4) is 0 Å². The number of carbonyl (C=O) groups is 1. The number of hydrogen-bond donors (Lipinski definition) is 1. The lowest BCUT2D eigenvalue weighted by Crippen LogP contribution is -2.25. The molecule has 0 fully saturated rings. The predicted octanol–water partition coefficient (Wildman–Crippen LogP) is 4.35. The van der Waals surface area contributed by atoms with Crippen LogP contribution in [0.25, 0.3) is 0 Å². The second-order valence-corrected chi connectivity index (χ2v) is 6.62. The van der Waals surface area contributed by atoms with Crippen molar-refractivity contribution < 1.29 is 9.53 Å². The molecule has 4 heteroatoms. The zero-order valence-electron chi connectivity index (χ0n) is 15.6. The molecule has 2 rings (SSSR count). The van der Waals surface area contributed by atoms with Crippen molar-refractivity contribution in [2.24, 2.45) is 5.10 Å². The monoisotopic (exact) mass is 338 g/mol. The topological polar surface area (TPSA) is 50.7 Å². The minimum Gasteiger partial charge on any atom is -0.484 e. The number of nitrogens with zero attached hydrogens (tertiary/aromatic N) is 1. The van der Waals surface area contributed by atoms with Crippen molar-refractivity contribution in [2.75, 3.05) is 6.61 Å². The average molecular weight is 338 g/mol. The molecule has 0 aromatic heterocycles. The summed E-state index contributed by atoms with van der Waals surface area (Å²) in [7, 11) is 0. The molecule has 0 aliphatic rings. The molecule has 1 amide bonds. The number of benzene rings is 2. The number of amides is 1. The standard InChI is InChI=1S/C21H26N2O2/c1-14(2)18-6-8-19(9-7-18)17(5)22-23-21(24)13-25-20-11-15(3)10-16(4)12-20/h6-12,14H,13H2,1-5H3,(H,23,24). The molecule has 25 heavy (non-hydrogen) atoms. The molecular weight excluding hydrogens is 312 g/mol. The van der Waals surface area contributed by atoms with Crippen molar-refractivity contribution in [3.8, 4) is 5.75 Å². The highest BCUT2D eigenvalue weighted by atomic mass is 16.5. The van der Waals surface area contributed by atoms with Gasteiger partial charge in [-0.3, -0.25) is 4.79 Å². The van der Waals surface area contributed by atoms with Crippen molar-refractivity contribution in [2.45, 2.75) is 40.5 Å². The first-order chi connectivity index (χ1) is 11.8. The van der Waals surface area contributed by atoms with E-state index < -0.39 is 0 Å². The molecule has 0 spiro atoms. The van der Waals surface area contributed by atoms with E-state index in [1.165, 1.54) is 5.56 Å². The third-order valence-corrected chi connectivity index (χ3v) is 3.91. The van der Waals surface area contributed by atoms with Gasteiger partial charge in [-0.1, -0.05) is 44.2 Å². The number of nitrogens with one attached hydrogen (secondary N) is 1. The number of hydrazone groups is 1. The molecule has 0 radical (unpaired) electrons. The molecular formula is C21H26N2O2. The summed E-state index contributed by atoms with van der Waals surface area (Å²) in [5.41, 5.74) is 7.78. The molecule has 0 saturated heterocycles. The van der Waals surface area contributed by atoms with Gasteiger partial charge in [0.05, 0.1) is 5.71 Å². The lowest BCUT2D eigenvalue weighted by Gasteiger charge is -2.08. The van der Waals surface area contributed by atoms with Gasteiger partial charge in [0.2, 0.25) is 0 Å². The molecule has 4 nitrogen and oxygen atoms in total. The molecule has 0 unspecified atom stereocenters. The van der Waals surface area contributed by atoms with E-state index in [2.05, 4.69) is 42.6 Å². The fourth-order valence-corrected chi connectivity index (χ4v) is 2.52. The Labute approximate surface area is 149 Å². The second kappa shape index (κ2) is 8.47. The SMILES string of the molecule is CC(=NNC(=O)COc1cc(C)cc(C)c1)c1ccc(C(C)C)cc1. The quantitative estimate of drug-likeness (QED) is 0.629. The lowest BCUT2D eigenvalue weighted by atomic mass is 10.0. The summed E-state index contributed by atoms with van der Waals surface area (Å²) in [4.78, 5) is 11.9. The average Bonchev–Trinajstić information content (AvgIpc) is 2.57. The Morgan fingerprint density at radius 3 is 2.24 bits per heavy atom. The molecule has 0 bridgehead atoms. The Bertz CT molecular complexity index is 742. The molecule has 1 N–H and O–H groups in total. The Morgan fingerprint density at radius 2 is 1.68 bits per heavy atom. The van der Waals surface area contributed by atoms with Crippen LogP contribution in [0.5, 0.6) is 5.75 Å². The van der Waals surface area contributed by atoms with Crippen LogP contribution in [0.15, 0.2) is 47.6 Å². The first-order valence-electron chi connectivity index (χ1n) is 8.49. The van der Waals surface area contributed by atoms with Gasteiger partial charge in [0.1, 0.15) is 5.75 Å². The van der Waals surface area contributed by atoms with Crippen LogP contribution in [0.4, 0.5) is 0 Å². The largest absolute Gasteiger partial charge is 0.484 e. The molecule has 132 valence electrons. The van der Waals surface area contributed by atoms with Crippen molar-refractivity contribution >= 4 is 11.6 Å². The Kier molecular flexibility index (Phi) is 6.34. The van der Waals surface area contributed by atoms with Gasteiger partial charge in [-0.15, -0.1) is 0 Å². The summed E-state index contributed by atoms with van der Waals surface area (Å²) < 4.78 is 5.53. The third kappa shape index (κ3) is 5.75. The molecule has 2 aromatic rings. The van der Waals surface area contributed by atoms with E-state index in [1.54, 1.807) is 0 Å². The normalized spacial score (nSPS) is 11.5. The summed E-state index contributed by atoms with van der Waals surface area (Å²) >= 11 is 0. The van der Waals surface area contributed by atoms with Crippen molar-refractivity contribution in [3.05, 3.63) is 64.7 Å². The molecule has 0 saturated carbocycles. The van der Waals surface area contributed by atoms with Gasteiger partial charge in [-0.05, 0) is 61.1 Å². The van der Waals surface area contributed by atoms with Crippen LogP contribution >= 0.6 is 0 Å². The third-order valence-electron chi connectivity index (χ3n) is 3.91. The van der Waals surface area contributed by atoms with Gasteiger partial charge in [0.15, 0.2) is 6.61 Å². The number of aryl methyl sites for hydroxylation is 2. The van der Waals surface area contributed by atoms with Gasteiger partial charge < -0.3 is 4.74 Å². The number of ether oxygens (including phenoxy) is 1. The van der Waals surface area contributed by atoms with E-state index >= 15 is 0 Å². The number of rotatable bonds is 6. The highest BCUT2D eigenvalue weighted by Crippen LogP contribution is 2.16. The molecule has 0 heterocycles. The maximum Gasteiger partial charge on any atom is 0.277 e. The first-order valence-corrected chi connectivity index (χ1v) is 8.49. The summed E-state index contributed by atoms with van der Waals surface area (Å²) in [6, 6.07) is 14.1. The first kappa shape index (κ1) is 18.7. The van der Waals surface area contributed by atoms with Crippen molar-refractivity contribution in [3.63, 3.8) is 0 Å². The highest BCUT2D eigenvalue weighted by molar-refractivity contribution is 5.99. The maximum absolute atomic E-state index is 11.9. The van der Waals surface area contributed by atoms with E-state index in [0.29, 0.717) is 11.7 Å². The minimum absolute atomic E-state index is 0.0635. The van der Waals surface area contributed by atoms with E-state index in [4.69, 9.17) is 4.74 Å². The van der Waals surface area contributed by atoms with Crippen LogP contribution < -0.4 is 10.2 Å². The summed E-state index contributed by atoms with van der Waals surface area (Å²) in [6.07, 6.45) is 0. The zero-order chi connectivity index (χ0) is 18.4. The fraction of sp³-hybridized carbons (Fsp3) is 0.333. The van der Waals surface area contributed by atoms with Crippen LogP contribution in [0.1, 0.15) is 48.9 Å². The van der Waals surface area contributed by atoms with Gasteiger partial charge in [-0.25, -0.2) is 5.43 Å². The van der Waals surface area contributed by atoms with Crippen molar-refractivity contribution in [1.29, 1.82) is 0 Å². The van der Waals surface area contributed by atoms with E-state index in [0.717, 1.165) is 22.4 Å². The predicted molar refractivity (Wildman–Crippen MR) is 102 cm³/mol. The van der Waals surface area contributed by atoms with Crippen LogP contribution in [0, 0.1) is 13.8 Å². The van der Waals surface area contributed by atoms with Crippen LogP contribution in [-0.2, 0) is 4.79 Å². The van der Waals surface area contributed by atoms with E-state index in [9.17, 15) is 4.79 Å².